The lowest BCUT2D eigenvalue weighted by atomic mass is 10.0. The predicted octanol–water partition coefficient (Wildman–Crippen LogP) is 6.42. The van der Waals surface area contributed by atoms with Gasteiger partial charge >= 0.3 is 5.97 Å². The number of carbonyl (C=O) groups is 5. The van der Waals surface area contributed by atoms with Crippen LogP contribution in [0.1, 0.15) is 57.5 Å². The van der Waals surface area contributed by atoms with Gasteiger partial charge in [0.05, 0.1) is 24.0 Å². The van der Waals surface area contributed by atoms with E-state index in [9.17, 15) is 24.0 Å². The van der Waals surface area contributed by atoms with Crippen LogP contribution in [0.15, 0.2) is 89.5 Å². The lowest BCUT2D eigenvalue weighted by molar-refractivity contribution is -0.129. The van der Waals surface area contributed by atoms with Gasteiger partial charge in [0.15, 0.2) is 0 Å². The molecule has 52 heavy (non-hydrogen) atoms. The van der Waals surface area contributed by atoms with Crippen LogP contribution >= 0.6 is 23.1 Å². The molecule has 0 radical (unpaired) electrons. The maximum Gasteiger partial charge on any atom is 0.341 e. The van der Waals surface area contributed by atoms with Crippen LogP contribution in [0.4, 0.5) is 16.4 Å². The van der Waals surface area contributed by atoms with Gasteiger partial charge in [-0.05, 0) is 79.9 Å². The second-order valence-corrected chi connectivity index (χ2v) is 14.7. The van der Waals surface area contributed by atoms with Crippen LogP contribution < -0.4 is 20.9 Å². The molecule has 13 heteroatoms. The van der Waals surface area contributed by atoms with Crippen molar-refractivity contribution in [1.29, 1.82) is 0 Å². The minimum Gasteiger partial charge on any atom is -0.462 e. The van der Waals surface area contributed by atoms with Crippen LogP contribution in [0.25, 0.3) is 6.08 Å². The van der Waals surface area contributed by atoms with Gasteiger partial charge in [0.2, 0.25) is 11.8 Å². The fourth-order valence-corrected chi connectivity index (χ4v) is 7.65. The molecule has 4 aromatic rings. The number of thiophene rings is 1. The van der Waals surface area contributed by atoms with Crippen LogP contribution in [-0.2, 0) is 32.1 Å². The smallest absolute Gasteiger partial charge is 0.341 e. The molecule has 5 rings (SSSR count). The molecule has 4 amide bonds. The highest BCUT2D eigenvalue weighted by molar-refractivity contribution is 8.00. The summed E-state index contributed by atoms with van der Waals surface area (Å²) in [6, 6.07) is 23.3. The normalized spacial score (nSPS) is 13.0. The highest BCUT2D eigenvalue weighted by Crippen LogP contribution is 2.38. The number of esters is 1. The zero-order valence-corrected chi connectivity index (χ0v) is 31.3. The molecule has 2 heterocycles. The Hall–Kier alpha value is -5.40. The molecule has 1 aromatic heterocycles. The van der Waals surface area contributed by atoms with Crippen LogP contribution in [0.3, 0.4) is 0 Å². The Kier molecular flexibility index (Phi) is 12.5. The summed E-state index contributed by atoms with van der Waals surface area (Å²) in [7, 11) is 3.87. The Bertz CT molecular complexity index is 1990. The summed E-state index contributed by atoms with van der Waals surface area (Å²) in [5, 5.41) is 8.39. The Morgan fingerprint density at radius 2 is 1.71 bits per heavy atom. The molecule has 3 aromatic carbocycles. The molecule has 0 bridgehead atoms. The highest BCUT2D eigenvalue weighted by Gasteiger charge is 2.31. The monoisotopic (exact) mass is 739 g/mol. The third kappa shape index (κ3) is 9.47. The number of nitrogens with one attached hydrogen (secondary N) is 3. The van der Waals surface area contributed by atoms with Crippen molar-refractivity contribution in [3.63, 3.8) is 0 Å². The zero-order chi connectivity index (χ0) is 37.4. The van der Waals surface area contributed by atoms with Crippen molar-refractivity contribution in [1.82, 2.24) is 10.2 Å². The first-order chi connectivity index (χ1) is 24.9. The average Bonchev–Trinajstić information content (AvgIpc) is 3.49. The molecule has 3 N–H and O–H groups in total. The number of anilines is 3. The number of hydrogen-bond acceptors (Lipinski definition) is 9. The molecule has 11 nitrogen and oxygen atoms in total. The summed E-state index contributed by atoms with van der Waals surface area (Å²) < 4.78 is 5.32. The minimum atomic E-state index is -0.584. The molecule has 0 spiro atoms. The van der Waals surface area contributed by atoms with E-state index in [-0.39, 0.29) is 24.1 Å². The number of thioether (sulfide) groups is 1. The number of ether oxygens (including phenoxy) is 1. The topological polar surface area (TPSA) is 137 Å². The van der Waals surface area contributed by atoms with Crippen molar-refractivity contribution in [2.45, 2.75) is 43.9 Å². The van der Waals surface area contributed by atoms with E-state index in [1.165, 1.54) is 30.0 Å². The lowest BCUT2D eigenvalue weighted by Crippen LogP contribution is -2.34. The largest absolute Gasteiger partial charge is 0.462 e. The maximum absolute atomic E-state index is 13.6. The lowest BCUT2D eigenvalue weighted by Gasteiger charge is -2.25. The molecule has 270 valence electrons. The first kappa shape index (κ1) is 37.8. The van der Waals surface area contributed by atoms with Gasteiger partial charge in [0, 0.05) is 54.3 Å². The second-order valence-electron chi connectivity index (χ2n) is 12.2. The number of fused-ring (bicyclic) bond motifs is 1. The molecule has 1 aliphatic rings. The predicted molar refractivity (Wildman–Crippen MR) is 207 cm³/mol. The molecular weight excluding hydrogens is 699 g/mol. The molecule has 0 saturated heterocycles. The fourth-order valence-electron chi connectivity index (χ4n) is 5.47. The summed E-state index contributed by atoms with van der Waals surface area (Å²) in [5.74, 6) is -1.82. The van der Waals surface area contributed by atoms with E-state index < -0.39 is 23.0 Å². The van der Waals surface area contributed by atoms with Gasteiger partial charge in [-0.25, -0.2) is 4.79 Å². The Labute approximate surface area is 311 Å². The Balaban J connectivity index is 1.30. The van der Waals surface area contributed by atoms with E-state index in [0.717, 1.165) is 21.7 Å². The maximum atomic E-state index is 13.6. The highest BCUT2D eigenvalue weighted by atomic mass is 32.2. The molecule has 1 aliphatic heterocycles. The standard InChI is InChI=1S/C39H41N5O6S2/c1-6-50-39(49)34-31-19-20-44(25(3)45)23-33(31)52-38(34)42-35(46)24(2)51-30-14-10-13-28(22-30)40-37(48)32(41-36(47)27-11-8-7-9-12-27)21-26-15-17-29(18-16-26)43(4)5/h7-18,21-22,24H,6,19-20,23H2,1-5H3,(H,40,48)(H,41,47)(H,42,46)/b32-21+. The summed E-state index contributed by atoms with van der Waals surface area (Å²) in [5.41, 5.74) is 3.79. The Morgan fingerprint density at radius 3 is 2.38 bits per heavy atom. The average molecular weight is 740 g/mol. The first-order valence-electron chi connectivity index (χ1n) is 16.7. The van der Waals surface area contributed by atoms with E-state index >= 15 is 0 Å². The van der Waals surface area contributed by atoms with Crippen molar-refractivity contribution < 1.29 is 28.7 Å². The van der Waals surface area contributed by atoms with Gasteiger partial charge in [-0.1, -0.05) is 36.4 Å². The molecule has 0 fully saturated rings. The SMILES string of the molecule is CCOC(=O)c1c(NC(=O)C(C)Sc2cccc(NC(=O)/C(=C\c3ccc(N(C)C)cc3)NC(=O)c3ccccc3)c2)sc2c1CCN(C(C)=O)C2. The summed E-state index contributed by atoms with van der Waals surface area (Å²) in [6.45, 7) is 6.04. The van der Waals surface area contributed by atoms with Crippen LogP contribution in [0, 0.1) is 0 Å². The number of rotatable bonds is 12. The molecule has 1 atom stereocenters. The summed E-state index contributed by atoms with van der Waals surface area (Å²) in [6.07, 6.45) is 2.11. The van der Waals surface area contributed by atoms with Gasteiger partial charge in [0.25, 0.3) is 11.8 Å². The zero-order valence-electron chi connectivity index (χ0n) is 29.6. The van der Waals surface area contributed by atoms with Crippen molar-refractivity contribution >= 4 is 75.1 Å². The van der Waals surface area contributed by atoms with Crippen molar-refractivity contribution in [3.05, 3.63) is 112 Å². The summed E-state index contributed by atoms with van der Waals surface area (Å²) in [4.78, 5) is 70.4. The van der Waals surface area contributed by atoms with Crippen molar-refractivity contribution in [2.75, 3.05) is 42.8 Å². The van der Waals surface area contributed by atoms with E-state index in [0.29, 0.717) is 46.2 Å². The fraction of sp³-hybridized carbons (Fsp3) is 0.256. The Morgan fingerprint density at radius 1 is 0.981 bits per heavy atom. The quantitative estimate of drug-likeness (QED) is 0.0860. The third-order valence-electron chi connectivity index (χ3n) is 8.24. The number of benzene rings is 3. The van der Waals surface area contributed by atoms with Crippen LogP contribution in [0.5, 0.6) is 0 Å². The van der Waals surface area contributed by atoms with E-state index in [1.807, 2.05) is 55.4 Å². The van der Waals surface area contributed by atoms with Gasteiger partial charge in [-0.2, -0.15) is 0 Å². The molecule has 0 saturated carbocycles. The van der Waals surface area contributed by atoms with Gasteiger partial charge in [-0.15, -0.1) is 23.1 Å². The molecular formula is C39H41N5O6S2. The van der Waals surface area contributed by atoms with Gasteiger partial charge < -0.3 is 30.5 Å². The van der Waals surface area contributed by atoms with Crippen LogP contribution in [0.2, 0.25) is 0 Å². The van der Waals surface area contributed by atoms with Crippen molar-refractivity contribution in [2.24, 2.45) is 0 Å². The van der Waals surface area contributed by atoms with E-state index in [1.54, 1.807) is 67.3 Å². The number of amides is 4. The van der Waals surface area contributed by atoms with Crippen molar-refractivity contribution in [3.8, 4) is 0 Å². The summed E-state index contributed by atoms with van der Waals surface area (Å²) >= 11 is 2.57. The van der Waals surface area contributed by atoms with Crippen LogP contribution in [-0.4, -0.2) is 67.0 Å². The van der Waals surface area contributed by atoms with Gasteiger partial charge in [-0.3, -0.25) is 19.2 Å². The number of hydrogen-bond donors (Lipinski definition) is 3. The molecule has 1 unspecified atom stereocenters. The molecule has 0 aliphatic carbocycles. The van der Waals surface area contributed by atoms with E-state index in [4.69, 9.17) is 4.74 Å². The third-order valence-corrected chi connectivity index (χ3v) is 10.5. The minimum absolute atomic E-state index is 0.0511. The van der Waals surface area contributed by atoms with E-state index in [2.05, 4.69) is 16.0 Å². The van der Waals surface area contributed by atoms with Gasteiger partial charge in [0.1, 0.15) is 10.7 Å². The second kappa shape index (κ2) is 17.2. The number of nitrogens with zero attached hydrogens (tertiary/aromatic N) is 2. The number of carbonyl (C=O) groups excluding carboxylic acids is 5. The first-order valence-corrected chi connectivity index (χ1v) is 18.4.